The predicted molar refractivity (Wildman–Crippen MR) is 128 cm³/mol. The second kappa shape index (κ2) is 10.5. The fourth-order valence-electron chi connectivity index (χ4n) is 3.80. The van der Waals surface area contributed by atoms with Gasteiger partial charge in [0, 0.05) is 43.9 Å². The lowest BCUT2D eigenvalue weighted by molar-refractivity contribution is 0.0741. The zero-order valence-corrected chi connectivity index (χ0v) is 19.4. The molecule has 7 nitrogen and oxygen atoms in total. The molecule has 1 aliphatic rings. The number of nitrogens with one attached hydrogen (secondary N) is 1. The van der Waals surface area contributed by atoms with Gasteiger partial charge in [-0.2, -0.15) is 0 Å². The maximum atomic E-state index is 14.2. The Kier molecular flexibility index (Phi) is 7.27. The molecule has 176 valence electrons. The maximum absolute atomic E-state index is 14.2. The van der Waals surface area contributed by atoms with Crippen LogP contribution >= 0.6 is 11.6 Å². The number of ether oxygens (including phenoxy) is 1. The second-order valence-electron chi connectivity index (χ2n) is 7.81. The molecule has 0 saturated carbocycles. The van der Waals surface area contributed by atoms with Crippen LogP contribution in [0.3, 0.4) is 0 Å². The molecule has 0 radical (unpaired) electrons. The van der Waals surface area contributed by atoms with E-state index in [1.165, 1.54) is 12.1 Å². The van der Waals surface area contributed by atoms with E-state index in [1.807, 2.05) is 29.2 Å². The minimum absolute atomic E-state index is 0.00529. The Bertz CT molecular complexity index is 1180. The fourth-order valence-corrected chi connectivity index (χ4v) is 3.96. The lowest BCUT2D eigenvalue weighted by atomic mass is 10.1. The molecule has 9 heteroatoms. The SMILES string of the molecule is COc1ccc(CNC(=O)c2cccnc2N2CCN(C(=O)c3ccc(Cl)cc3F)CC2)cc1. The first kappa shape index (κ1) is 23.5. The monoisotopic (exact) mass is 482 g/mol. The summed E-state index contributed by atoms with van der Waals surface area (Å²) in [5.74, 6) is 0.0500. The number of carbonyl (C=O) groups excluding carboxylic acids is 2. The van der Waals surface area contributed by atoms with Gasteiger partial charge in [-0.3, -0.25) is 9.59 Å². The molecule has 1 aliphatic heterocycles. The highest BCUT2D eigenvalue weighted by molar-refractivity contribution is 6.30. The van der Waals surface area contributed by atoms with Crippen molar-refractivity contribution in [1.29, 1.82) is 0 Å². The largest absolute Gasteiger partial charge is 0.497 e. The number of halogens is 2. The summed E-state index contributed by atoms with van der Waals surface area (Å²) in [4.78, 5) is 33.6. The minimum atomic E-state index is -0.638. The van der Waals surface area contributed by atoms with E-state index in [2.05, 4.69) is 10.3 Å². The molecule has 1 N–H and O–H groups in total. The third kappa shape index (κ3) is 5.28. The van der Waals surface area contributed by atoms with Crippen molar-refractivity contribution >= 4 is 29.2 Å². The van der Waals surface area contributed by atoms with Crippen LogP contribution < -0.4 is 15.0 Å². The number of amides is 2. The lowest BCUT2D eigenvalue weighted by Gasteiger charge is -2.36. The minimum Gasteiger partial charge on any atom is -0.497 e. The van der Waals surface area contributed by atoms with E-state index in [0.717, 1.165) is 17.4 Å². The standard InChI is InChI=1S/C25H24ClFN4O3/c1-34-19-7-4-17(5-8-19)16-29-24(32)21-3-2-10-28-23(21)30-11-13-31(14-12-30)25(33)20-9-6-18(26)15-22(20)27/h2-10,15H,11-14,16H2,1H3,(H,29,32). The first-order chi connectivity index (χ1) is 16.5. The van der Waals surface area contributed by atoms with Gasteiger partial charge in [0.1, 0.15) is 17.4 Å². The molecule has 0 spiro atoms. The van der Waals surface area contributed by atoms with E-state index >= 15 is 0 Å². The number of anilines is 1. The molecule has 1 aromatic heterocycles. The number of piperazine rings is 1. The van der Waals surface area contributed by atoms with Crippen LogP contribution in [0, 0.1) is 5.82 Å². The molecular formula is C25H24ClFN4O3. The summed E-state index contributed by atoms with van der Waals surface area (Å²) >= 11 is 5.79. The maximum Gasteiger partial charge on any atom is 0.256 e. The summed E-state index contributed by atoms with van der Waals surface area (Å²) in [7, 11) is 1.60. The number of hydrogen-bond acceptors (Lipinski definition) is 5. The molecule has 4 rings (SSSR count). The van der Waals surface area contributed by atoms with Crippen molar-refractivity contribution in [2.75, 3.05) is 38.2 Å². The van der Waals surface area contributed by atoms with Gasteiger partial charge in [0.2, 0.25) is 0 Å². The Morgan fingerprint density at radius 1 is 1.06 bits per heavy atom. The van der Waals surface area contributed by atoms with E-state index < -0.39 is 5.82 Å². The van der Waals surface area contributed by atoms with E-state index in [1.54, 1.807) is 30.3 Å². The molecule has 1 saturated heterocycles. The van der Waals surface area contributed by atoms with Gasteiger partial charge in [0.25, 0.3) is 11.8 Å². The van der Waals surface area contributed by atoms with Crippen molar-refractivity contribution in [3.8, 4) is 5.75 Å². The number of hydrogen-bond donors (Lipinski definition) is 1. The van der Waals surface area contributed by atoms with Crippen LogP contribution in [-0.4, -0.2) is 55.0 Å². The van der Waals surface area contributed by atoms with E-state index in [4.69, 9.17) is 16.3 Å². The summed E-state index contributed by atoms with van der Waals surface area (Å²) in [5, 5.41) is 3.17. The molecule has 0 unspecified atom stereocenters. The van der Waals surface area contributed by atoms with Crippen LogP contribution in [0.5, 0.6) is 5.75 Å². The Hall–Kier alpha value is -3.65. The van der Waals surface area contributed by atoms with Gasteiger partial charge in [-0.05, 0) is 48.0 Å². The van der Waals surface area contributed by atoms with Gasteiger partial charge >= 0.3 is 0 Å². The Balaban J connectivity index is 1.39. The van der Waals surface area contributed by atoms with Crippen molar-refractivity contribution in [2.45, 2.75) is 6.54 Å². The van der Waals surface area contributed by atoms with Gasteiger partial charge in [-0.15, -0.1) is 0 Å². The number of rotatable bonds is 6. The number of carbonyl (C=O) groups is 2. The quantitative estimate of drug-likeness (QED) is 0.579. The summed E-state index contributed by atoms with van der Waals surface area (Å²) in [6.45, 7) is 2.06. The van der Waals surface area contributed by atoms with Crippen LogP contribution in [0.15, 0.2) is 60.8 Å². The molecule has 0 atom stereocenters. The predicted octanol–water partition coefficient (Wildman–Crippen LogP) is 3.78. The molecule has 2 aromatic carbocycles. The van der Waals surface area contributed by atoms with Crippen molar-refractivity contribution < 1.29 is 18.7 Å². The molecule has 0 bridgehead atoms. The van der Waals surface area contributed by atoms with Gasteiger partial charge in [0.05, 0.1) is 18.2 Å². The normalized spacial score (nSPS) is 13.5. The van der Waals surface area contributed by atoms with Crippen LogP contribution in [0.1, 0.15) is 26.3 Å². The molecule has 2 amide bonds. The second-order valence-corrected chi connectivity index (χ2v) is 8.25. The molecule has 34 heavy (non-hydrogen) atoms. The summed E-state index contributed by atoms with van der Waals surface area (Å²) in [6.07, 6.45) is 1.64. The van der Waals surface area contributed by atoms with Crippen molar-refractivity contribution in [2.24, 2.45) is 0 Å². The van der Waals surface area contributed by atoms with Crippen molar-refractivity contribution in [3.63, 3.8) is 0 Å². The third-order valence-electron chi connectivity index (χ3n) is 5.67. The summed E-state index contributed by atoms with van der Waals surface area (Å²) < 4.78 is 19.3. The topological polar surface area (TPSA) is 74.8 Å². The first-order valence-corrected chi connectivity index (χ1v) is 11.2. The zero-order valence-electron chi connectivity index (χ0n) is 18.6. The number of nitrogens with zero attached hydrogens (tertiary/aromatic N) is 3. The molecule has 3 aromatic rings. The molecule has 1 fully saturated rings. The fraction of sp³-hybridized carbons (Fsp3) is 0.240. The highest BCUT2D eigenvalue weighted by Gasteiger charge is 2.26. The van der Waals surface area contributed by atoms with Crippen molar-refractivity contribution in [3.05, 3.63) is 88.3 Å². The van der Waals surface area contributed by atoms with E-state index in [0.29, 0.717) is 44.1 Å². The van der Waals surface area contributed by atoms with Gasteiger partial charge in [-0.1, -0.05) is 23.7 Å². The highest BCUT2D eigenvalue weighted by atomic mass is 35.5. The van der Waals surface area contributed by atoms with Gasteiger partial charge in [0.15, 0.2) is 0 Å². The Morgan fingerprint density at radius 2 is 1.79 bits per heavy atom. The first-order valence-electron chi connectivity index (χ1n) is 10.8. The number of benzene rings is 2. The number of pyridine rings is 1. The van der Waals surface area contributed by atoms with E-state index in [-0.39, 0.29) is 22.4 Å². The Morgan fingerprint density at radius 3 is 2.47 bits per heavy atom. The summed E-state index contributed by atoms with van der Waals surface area (Å²) in [6, 6.07) is 14.9. The average molecular weight is 483 g/mol. The average Bonchev–Trinajstić information content (AvgIpc) is 2.87. The Labute approximate surface area is 202 Å². The van der Waals surface area contributed by atoms with E-state index in [9.17, 15) is 14.0 Å². The van der Waals surface area contributed by atoms with Crippen LogP contribution in [0.2, 0.25) is 5.02 Å². The molecule has 0 aliphatic carbocycles. The van der Waals surface area contributed by atoms with Crippen LogP contribution in [0.4, 0.5) is 10.2 Å². The van der Waals surface area contributed by atoms with Crippen molar-refractivity contribution in [1.82, 2.24) is 15.2 Å². The molecular weight excluding hydrogens is 459 g/mol. The van der Waals surface area contributed by atoms with Gasteiger partial charge in [-0.25, -0.2) is 9.37 Å². The third-order valence-corrected chi connectivity index (χ3v) is 5.91. The molecule has 2 heterocycles. The number of methoxy groups -OCH3 is 1. The number of aromatic nitrogens is 1. The van der Waals surface area contributed by atoms with Crippen LogP contribution in [0.25, 0.3) is 0 Å². The highest BCUT2D eigenvalue weighted by Crippen LogP contribution is 2.22. The zero-order chi connectivity index (χ0) is 24.1. The van der Waals surface area contributed by atoms with Gasteiger partial charge < -0.3 is 19.9 Å². The smallest absolute Gasteiger partial charge is 0.256 e. The summed E-state index contributed by atoms with van der Waals surface area (Å²) in [5.41, 5.74) is 1.40. The van der Waals surface area contributed by atoms with Crippen LogP contribution in [-0.2, 0) is 6.54 Å². The lowest BCUT2D eigenvalue weighted by Crippen LogP contribution is -2.49.